The zero-order valence-corrected chi connectivity index (χ0v) is 14.3. The average Bonchev–Trinajstić information content (AvgIpc) is 2.38. The Morgan fingerprint density at radius 2 is 2.10 bits per heavy atom. The molecule has 21 heavy (non-hydrogen) atoms. The van der Waals surface area contributed by atoms with Crippen molar-refractivity contribution >= 4 is 30.1 Å². The smallest absolute Gasteiger partial charge is 0.230 e. The molecule has 7 heteroatoms. The number of hydrogen-bond donors (Lipinski definition) is 2. The molecule has 0 aromatic carbocycles. The van der Waals surface area contributed by atoms with Crippen molar-refractivity contribution < 1.29 is 4.79 Å². The zero-order valence-electron chi connectivity index (χ0n) is 12.7. The highest BCUT2D eigenvalue weighted by atomic mass is 35.5. The summed E-state index contributed by atoms with van der Waals surface area (Å²) < 4.78 is 0. The van der Waals surface area contributed by atoms with Crippen LogP contribution in [-0.2, 0) is 4.79 Å². The van der Waals surface area contributed by atoms with Crippen LogP contribution in [0.5, 0.6) is 0 Å². The zero-order chi connectivity index (χ0) is 14.5. The molecule has 0 saturated carbocycles. The first-order chi connectivity index (χ1) is 9.54. The molecule has 1 saturated heterocycles. The molecule has 118 valence electrons. The number of amides is 1. The summed E-state index contributed by atoms with van der Waals surface area (Å²) in [5, 5.41) is 7.12. The Morgan fingerprint density at radius 3 is 2.71 bits per heavy atom. The van der Waals surface area contributed by atoms with Crippen LogP contribution in [0.3, 0.4) is 0 Å². The Kier molecular flexibility index (Phi) is 7.42. The van der Waals surface area contributed by atoms with Crippen molar-refractivity contribution in [3.63, 3.8) is 0 Å². The molecular weight excluding hydrogens is 308 g/mol. The maximum Gasteiger partial charge on any atom is 0.230 e. The van der Waals surface area contributed by atoms with Crippen LogP contribution in [0, 0.1) is 19.8 Å². The van der Waals surface area contributed by atoms with Crippen LogP contribution in [0.1, 0.15) is 24.7 Å². The number of rotatable bonds is 4. The molecule has 1 aromatic rings. The van der Waals surface area contributed by atoms with E-state index in [2.05, 4.69) is 27.5 Å². The molecule has 0 aliphatic carbocycles. The molecule has 1 amide bonds. The minimum Gasteiger partial charge on any atom is -0.352 e. The normalized spacial score (nSPS) is 21.5. The van der Waals surface area contributed by atoms with Gasteiger partial charge in [-0.25, -0.2) is 9.97 Å². The quantitative estimate of drug-likeness (QED) is 0.650. The van der Waals surface area contributed by atoms with Crippen LogP contribution in [-0.4, -0.2) is 40.8 Å². The molecular formula is C14H23ClN4OS. The topological polar surface area (TPSA) is 66.9 Å². The first-order valence-electron chi connectivity index (χ1n) is 7.00. The number of aromatic nitrogens is 2. The number of halogens is 1. The van der Waals surface area contributed by atoms with Gasteiger partial charge in [0.1, 0.15) is 0 Å². The van der Waals surface area contributed by atoms with Gasteiger partial charge < -0.3 is 10.6 Å². The number of carbonyl (C=O) groups is 1. The van der Waals surface area contributed by atoms with E-state index in [1.807, 2.05) is 19.9 Å². The monoisotopic (exact) mass is 330 g/mol. The highest BCUT2D eigenvalue weighted by Gasteiger charge is 2.22. The summed E-state index contributed by atoms with van der Waals surface area (Å²) >= 11 is 1.40. The van der Waals surface area contributed by atoms with E-state index in [1.54, 1.807) is 0 Å². The van der Waals surface area contributed by atoms with Gasteiger partial charge in [0.2, 0.25) is 5.91 Å². The van der Waals surface area contributed by atoms with E-state index in [1.165, 1.54) is 11.8 Å². The minimum absolute atomic E-state index is 0. The van der Waals surface area contributed by atoms with Gasteiger partial charge in [-0.2, -0.15) is 0 Å². The van der Waals surface area contributed by atoms with Gasteiger partial charge in [-0.1, -0.05) is 18.7 Å². The van der Waals surface area contributed by atoms with E-state index in [9.17, 15) is 4.79 Å². The number of thioether (sulfide) groups is 1. The molecule has 1 aliphatic rings. The molecule has 0 bridgehead atoms. The predicted molar refractivity (Wildman–Crippen MR) is 88.1 cm³/mol. The summed E-state index contributed by atoms with van der Waals surface area (Å²) in [6, 6.07) is 2.21. The van der Waals surface area contributed by atoms with Crippen molar-refractivity contribution in [1.82, 2.24) is 20.6 Å². The second-order valence-electron chi connectivity index (χ2n) is 5.37. The molecule has 2 unspecified atom stereocenters. The van der Waals surface area contributed by atoms with Gasteiger partial charge in [0, 0.05) is 17.4 Å². The standard InChI is InChI=1S/C14H22N4OS.ClH/c1-9-7-15-5-4-12(9)18-13(19)8-20-14-16-10(2)6-11(3)17-14;/h6,9,12,15H,4-5,7-8H2,1-3H3,(H,18,19);1H. The summed E-state index contributed by atoms with van der Waals surface area (Å²) in [5.74, 6) is 0.922. The molecule has 0 radical (unpaired) electrons. The third-order valence-corrected chi connectivity index (χ3v) is 4.27. The van der Waals surface area contributed by atoms with E-state index >= 15 is 0 Å². The molecule has 0 spiro atoms. The van der Waals surface area contributed by atoms with Gasteiger partial charge >= 0.3 is 0 Å². The lowest BCUT2D eigenvalue weighted by Gasteiger charge is -2.30. The van der Waals surface area contributed by atoms with Gasteiger partial charge in [0.25, 0.3) is 0 Å². The number of nitrogens with zero attached hydrogens (tertiary/aromatic N) is 2. The van der Waals surface area contributed by atoms with Crippen LogP contribution in [0.25, 0.3) is 0 Å². The molecule has 1 fully saturated rings. The number of hydrogen-bond acceptors (Lipinski definition) is 5. The molecule has 2 N–H and O–H groups in total. The highest BCUT2D eigenvalue weighted by Crippen LogP contribution is 2.15. The van der Waals surface area contributed by atoms with Crippen molar-refractivity contribution in [3.8, 4) is 0 Å². The Labute approximate surface area is 136 Å². The summed E-state index contributed by atoms with van der Waals surface area (Å²) in [4.78, 5) is 20.7. The molecule has 1 aliphatic heterocycles. The fourth-order valence-corrected chi connectivity index (χ4v) is 3.13. The molecule has 2 rings (SSSR count). The van der Waals surface area contributed by atoms with Crippen LogP contribution in [0.2, 0.25) is 0 Å². The highest BCUT2D eigenvalue weighted by molar-refractivity contribution is 7.99. The van der Waals surface area contributed by atoms with Crippen molar-refractivity contribution in [2.75, 3.05) is 18.8 Å². The van der Waals surface area contributed by atoms with Crippen molar-refractivity contribution in [3.05, 3.63) is 17.5 Å². The second-order valence-corrected chi connectivity index (χ2v) is 6.31. The lowest BCUT2D eigenvalue weighted by atomic mass is 9.95. The lowest BCUT2D eigenvalue weighted by molar-refractivity contribution is -0.119. The maximum absolute atomic E-state index is 12.0. The van der Waals surface area contributed by atoms with Crippen molar-refractivity contribution in [2.24, 2.45) is 5.92 Å². The predicted octanol–water partition coefficient (Wildman–Crippen LogP) is 1.72. The lowest BCUT2D eigenvalue weighted by Crippen LogP contribution is -2.48. The first-order valence-corrected chi connectivity index (χ1v) is 7.98. The van der Waals surface area contributed by atoms with E-state index in [-0.39, 0.29) is 24.4 Å². The maximum atomic E-state index is 12.0. The first kappa shape index (κ1) is 18.2. The summed E-state index contributed by atoms with van der Waals surface area (Å²) in [6.45, 7) is 7.99. The number of nitrogens with one attached hydrogen (secondary N) is 2. The van der Waals surface area contributed by atoms with Gasteiger partial charge in [0.15, 0.2) is 5.16 Å². The fourth-order valence-electron chi connectivity index (χ4n) is 2.37. The van der Waals surface area contributed by atoms with Crippen LogP contribution in [0.4, 0.5) is 0 Å². The van der Waals surface area contributed by atoms with E-state index in [0.29, 0.717) is 16.8 Å². The third-order valence-electron chi connectivity index (χ3n) is 3.43. The molecule has 1 aromatic heterocycles. The summed E-state index contributed by atoms with van der Waals surface area (Å²) in [7, 11) is 0. The Hall–Kier alpha value is -0.850. The van der Waals surface area contributed by atoms with E-state index < -0.39 is 0 Å². The number of aryl methyl sites for hydroxylation is 2. The fraction of sp³-hybridized carbons (Fsp3) is 0.643. The van der Waals surface area contributed by atoms with Crippen molar-refractivity contribution in [2.45, 2.75) is 38.4 Å². The van der Waals surface area contributed by atoms with Crippen molar-refractivity contribution in [1.29, 1.82) is 0 Å². The van der Waals surface area contributed by atoms with E-state index in [0.717, 1.165) is 30.9 Å². The molecule has 2 heterocycles. The Balaban J connectivity index is 0.00000220. The second kappa shape index (κ2) is 8.56. The third kappa shape index (κ3) is 5.80. The number of carbonyl (C=O) groups excluding carboxylic acids is 1. The average molecular weight is 331 g/mol. The Morgan fingerprint density at radius 1 is 1.43 bits per heavy atom. The minimum atomic E-state index is 0. The largest absolute Gasteiger partial charge is 0.352 e. The van der Waals surface area contributed by atoms with E-state index in [4.69, 9.17) is 0 Å². The van der Waals surface area contributed by atoms with Crippen LogP contribution >= 0.6 is 24.2 Å². The van der Waals surface area contributed by atoms with Gasteiger partial charge in [0.05, 0.1) is 5.75 Å². The summed E-state index contributed by atoms with van der Waals surface area (Å²) in [5.41, 5.74) is 1.87. The van der Waals surface area contributed by atoms with Gasteiger partial charge in [-0.3, -0.25) is 4.79 Å². The SMILES string of the molecule is Cc1cc(C)nc(SCC(=O)NC2CCNCC2C)n1.Cl. The Bertz CT molecular complexity index is 466. The van der Waals surface area contributed by atoms with Crippen LogP contribution < -0.4 is 10.6 Å². The number of piperidine rings is 1. The summed E-state index contributed by atoms with van der Waals surface area (Å²) in [6.07, 6.45) is 0.998. The van der Waals surface area contributed by atoms with Crippen LogP contribution in [0.15, 0.2) is 11.2 Å². The molecule has 2 atom stereocenters. The van der Waals surface area contributed by atoms with Gasteiger partial charge in [-0.15, -0.1) is 12.4 Å². The molecule has 5 nitrogen and oxygen atoms in total. The van der Waals surface area contributed by atoms with Gasteiger partial charge in [-0.05, 0) is 45.3 Å².